The molecule has 1 atom stereocenters. The van der Waals surface area contributed by atoms with Crippen LogP contribution in [0, 0.1) is 5.82 Å². The summed E-state index contributed by atoms with van der Waals surface area (Å²) in [7, 11) is 1.63. The number of methoxy groups -OCH3 is 1. The van der Waals surface area contributed by atoms with Gasteiger partial charge in [-0.05, 0) is 26.0 Å². The summed E-state index contributed by atoms with van der Waals surface area (Å²) in [5, 5.41) is 13.5. The van der Waals surface area contributed by atoms with E-state index in [9.17, 15) is 9.50 Å². The minimum Gasteiger partial charge on any atom is -0.496 e. The molecule has 2 rings (SSSR count). The van der Waals surface area contributed by atoms with E-state index in [1.165, 1.54) is 6.07 Å². The molecule has 2 aromatic rings. The van der Waals surface area contributed by atoms with Crippen LogP contribution in [0.5, 0.6) is 5.75 Å². The van der Waals surface area contributed by atoms with Gasteiger partial charge in [-0.1, -0.05) is 36.4 Å². The quantitative estimate of drug-likeness (QED) is 0.859. The third-order valence-corrected chi connectivity index (χ3v) is 3.78. The number of hydrogen-bond acceptors (Lipinski definition) is 3. The van der Waals surface area contributed by atoms with Crippen molar-refractivity contribution in [1.29, 1.82) is 0 Å². The summed E-state index contributed by atoms with van der Waals surface area (Å²) in [6.07, 6.45) is -0.907. The summed E-state index contributed by atoms with van der Waals surface area (Å²) in [6, 6.07) is 14.0. The summed E-state index contributed by atoms with van der Waals surface area (Å²) in [5.74, 6) is 0.382. The van der Waals surface area contributed by atoms with E-state index in [1.54, 1.807) is 25.3 Å². The minimum atomic E-state index is -0.907. The highest BCUT2D eigenvalue weighted by Crippen LogP contribution is 2.29. The van der Waals surface area contributed by atoms with Gasteiger partial charge < -0.3 is 15.2 Å². The van der Waals surface area contributed by atoms with Crippen LogP contribution in [0.1, 0.15) is 31.1 Å². The van der Waals surface area contributed by atoms with Gasteiger partial charge in [0.15, 0.2) is 0 Å². The van der Waals surface area contributed by atoms with E-state index >= 15 is 0 Å². The maximum Gasteiger partial charge on any atom is 0.129 e. The molecule has 0 spiro atoms. The standard InChI is InChI=1S/C18H22FNO2/c1-18(2,14-9-5-7-11-17(14)22-3)20-12-16(21)13-8-4-6-10-15(13)19/h4-11,16,20-21H,12H2,1-3H3. The van der Waals surface area contributed by atoms with Crippen LogP contribution in [0.4, 0.5) is 4.39 Å². The number of rotatable bonds is 6. The maximum absolute atomic E-state index is 13.7. The van der Waals surface area contributed by atoms with Gasteiger partial charge in [-0.25, -0.2) is 4.39 Å². The number of aliphatic hydroxyl groups is 1. The predicted molar refractivity (Wildman–Crippen MR) is 85.4 cm³/mol. The molecular weight excluding hydrogens is 281 g/mol. The Balaban J connectivity index is 2.11. The lowest BCUT2D eigenvalue weighted by molar-refractivity contribution is 0.156. The Kier molecular flexibility index (Phi) is 5.16. The van der Waals surface area contributed by atoms with Gasteiger partial charge in [0.1, 0.15) is 11.6 Å². The van der Waals surface area contributed by atoms with Gasteiger partial charge in [-0.3, -0.25) is 0 Å². The third kappa shape index (κ3) is 3.64. The molecule has 0 heterocycles. The van der Waals surface area contributed by atoms with Gasteiger partial charge in [0, 0.05) is 23.2 Å². The zero-order valence-corrected chi connectivity index (χ0v) is 13.1. The lowest BCUT2D eigenvalue weighted by atomic mass is 9.92. The van der Waals surface area contributed by atoms with E-state index in [0.29, 0.717) is 5.56 Å². The highest BCUT2D eigenvalue weighted by atomic mass is 19.1. The van der Waals surface area contributed by atoms with Crippen LogP contribution in [0.2, 0.25) is 0 Å². The number of benzene rings is 2. The van der Waals surface area contributed by atoms with Gasteiger partial charge in [-0.2, -0.15) is 0 Å². The topological polar surface area (TPSA) is 41.5 Å². The molecule has 22 heavy (non-hydrogen) atoms. The number of nitrogens with one attached hydrogen (secondary N) is 1. The molecule has 0 aromatic heterocycles. The lowest BCUT2D eigenvalue weighted by Crippen LogP contribution is -2.39. The fourth-order valence-corrected chi connectivity index (χ4v) is 2.46. The minimum absolute atomic E-state index is 0.242. The first-order valence-electron chi connectivity index (χ1n) is 7.26. The van der Waals surface area contributed by atoms with Crippen molar-refractivity contribution >= 4 is 0 Å². The fourth-order valence-electron chi connectivity index (χ4n) is 2.46. The molecule has 2 N–H and O–H groups in total. The highest BCUT2D eigenvalue weighted by molar-refractivity contribution is 5.38. The molecule has 118 valence electrons. The van der Waals surface area contributed by atoms with Crippen molar-refractivity contribution in [2.24, 2.45) is 0 Å². The molecule has 0 radical (unpaired) electrons. The van der Waals surface area contributed by atoms with E-state index in [1.807, 2.05) is 38.1 Å². The molecule has 4 heteroatoms. The summed E-state index contributed by atoms with van der Waals surface area (Å²) < 4.78 is 19.1. The SMILES string of the molecule is COc1ccccc1C(C)(C)NCC(O)c1ccccc1F. The van der Waals surface area contributed by atoms with Gasteiger partial charge in [0.05, 0.1) is 13.2 Å². The molecule has 0 saturated heterocycles. The molecule has 0 bridgehead atoms. The van der Waals surface area contributed by atoms with E-state index in [2.05, 4.69) is 5.32 Å². The number of para-hydroxylation sites is 1. The third-order valence-electron chi connectivity index (χ3n) is 3.78. The second-order valence-corrected chi connectivity index (χ2v) is 5.74. The first-order chi connectivity index (χ1) is 10.5. The molecule has 0 aliphatic heterocycles. The molecule has 1 unspecified atom stereocenters. The Morgan fingerprint density at radius 2 is 1.77 bits per heavy atom. The summed E-state index contributed by atoms with van der Waals surface area (Å²) >= 11 is 0. The van der Waals surface area contributed by atoms with Crippen LogP contribution in [0.15, 0.2) is 48.5 Å². The van der Waals surface area contributed by atoms with Crippen molar-refractivity contribution in [3.05, 3.63) is 65.5 Å². The first-order valence-corrected chi connectivity index (χ1v) is 7.26. The smallest absolute Gasteiger partial charge is 0.129 e. The summed E-state index contributed by atoms with van der Waals surface area (Å²) in [5.41, 5.74) is 0.864. The molecular formula is C18H22FNO2. The average Bonchev–Trinajstić information content (AvgIpc) is 2.53. The van der Waals surface area contributed by atoms with Crippen molar-refractivity contribution in [1.82, 2.24) is 5.32 Å². The Morgan fingerprint density at radius 1 is 1.14 bits per heavy atom. The van der Waals surface area contributed by atoms with Crippen LogP contribution in [0.3, 0.4) is 0 Å². The zero-order valence-electron chi connectivity index (χ0n) is 13.1. The molecule has 0 aliphatic rings. The van der Waals surface area contributed by atoms with Gasteiger partial charge in [0.25, 0.3) is 0 Å². The molecule has 0 fully saturated rings. The van der Waals surface area contributed by atoms with E-state index < -0.39 is 17.5 Å². The average molecular weight is 303 g/mol. The highest BCUT2D eigenvalue weighted by Gasteiger charge is 2.25. The molecule has 0 aliphatic carbocycles. The Morgan fingerprint density at radius 3 is 2.45 bits per heavy atom. The number of hydrogen-bond donors (Lipinski definition) is 2. The Labute approximate surface area is 130 Å². The number of ether oxygens (including phenoxy) is 1. The van der Waals surface area contributed by atoms with Crippen LogP contribution >= 0.6 is 0 Å². The van der Waals surface area contributed by atoms with Crippen molar-refractivity contribution < 1.29 is 14.2 Å². The van der Waals surface area contributed by atoms with Gasteiger partial charge >= 0.3 is 0 Å². The Bertz CT molecular complexity index is 628. The predicted octanol–water partition coefficient (Wildman–Crippen LogP) is 3.39. The van der Waals surface area contributed by atoms with Crippen molar-refractivity contribution in [2.75, 3.05) is 13.7 Å². The van der Waals surface area contributed by atoms with E-state index in [0.717, 1.165) is 11.3 Å². The second-order valence-electron chi connectivity index (χ2n) is 5.74. The van der Waals surface area contributed by atoms with Gasteiger partial charge in [-0.15, -0.1) is 0 Å². The van der Waals surface area contributed by atoms with Crippen LogP contribution in [-0.4, -0.2) is 18.8 Å². The second kappa shape index (κ2) is 6.90. The largest absolute Gasteiger partial charge is 0.496 e. The first kappa shape index (κ1) is 16.5. The maximum atomic E-state index is 13.7. The van der Waals surface area contributed by atoms with Crippen molar-refractivity contribution in [3.8, 4) is 5.75 Å². The lowest BCUT2D eigenvalue weighted by Gasteiger charge is -2.30. The van der Waals surface area contributed by atoms with Crippen molar-refractivity contribution in [3.63, 3.8) is 0 Å². The normalized spacial score (nSPS) is 13.0. The fraction of sp³-hybridized carbons (Fsp3) is 0.333. The number of halogens is 1. The molecule has 2 aromatic carbocycles. The Hall–Kier alpha value is -1.91. The summed E-state index contributed by atoms with van der Waals surface area (Å²) in [4.78, 5) is 0. The van der Waals surface area contributed by atoms with E-state index in [4.69, 9.17) is 4.74 Å². The van der Waals surface area contributed by atoms with Crippen LogP contribution in [-0.2, 0) is 5.54 Å². The van der Waals surface area contributed by atoms with Crippen molar-refractivity contribution in [2.45, 2.75) is 25.5 Å². The zero-order chi connectivity index (χ0) is 16.2. The monoisotopic (exact) mass is 303 g/mol. The molecule has 3 nitrogen and oxygen atoms in total. The molecule has 0 amide bonds. The van der Waals surface area contributed by atoms with Gasteiger partial charge in [0.2, 0.25) is 0 Å². The summed E-state index contributed by atoms with van der Waals surface area (Å²) in [6.45, 7) is 4.24. The molecule has 0 saturated carbocycles. The van der Waals surface area contributed by atoms with Crippen LogP contribution in [0.25, 0.3) is 0 Å². The van der Waals surface area contributed by atoms with Crippen LogP contribution < -0.4 is 10.1 Å². The van der Waals surface area contributed by atoms with E-state index in [-0.39, 0.29) is 6.54 Å². The number of aliphatic hydroxyl groups excluding tert-OH is 1.